The van der Waals surface area contributed by atoms with Gasteiger partial charge in [0.05, 0.1) is 4.90 Å². The minimum absolute atomic E-state index is 0.00295. The standard InChI is InChI=1S/C12H20N2O2S/c1-9-4-5-12(10(2)8-9)17(15,16)14-7-6-11(3)13/h4-5,8,11,14H,6-7,13H2,1-3H3. The lowest BCUT2D eigenvalue weighted by Gasteiger charge is -2.10. The largest absolute Gasteiger partial charge is 0.328 e. The molecule has 0 radical (unpaired) electrons. The van der Waals surface area contributed by atoms with Crippen molar-refractivity contribution in [2.75, 3.05) is 6.54 Å². The molecule has 0 saturated carbocycles. The van der Waals surface area contributed by atoms with Crippen LogP contribution in [0.4, 0.5) is 0 Å². The summed E-state index contributed by atoms with van der Waals surface area (Å²) in [5, 5.41) is 0. The number of hydrogen-bond acceptors (Lipinski definition) is 3. The molecule has 0 heterocycles. The van der Waals surface area contributed by atoms with Crippen LogP contribution < -0.4 is 10.5 Å². The highest BCUT2D eigenvalue weighted by Crippen LogP contribution is 2.16. The van der Waals surface area contributed by atoms with Gasteiger partial charge < -0.3 is 5.73 Å². The zero-order chi connectivity index (χ0) is 13.1. The fraction of sp³-hybridized carbons (Fsp3) is 0.500. The summed E-state index contributed by atoms with van der Waals surface area (Å²) in [7, 11) is -3.41. The zero-order valence-corrected chi connectivity index (χ0v) is 11.3. The molecule has 0 aliphatic heterocycles. The van der Waals surface area contributed by atoms with E-state index in [0.29, 0.717) is 17.9 Å². The van der Waals surface area contributed by atoms with Crippen molar-refractivity contribution in [2.24, 2.45) is 5.73 Å². The van der Waals surface area contributed by atoms with Crippen molar-refractivity contribution in [3.05, 3.63) is 29.3 Å². The Labute approximate surface area is 103 Å². The van der Waals surface area contributed by atoms with Crippen molar-refractivity contribution < 1.29 is 8.42 Å². The van der Waals surface area contributed by atoms with E-state index in [1.165, 1.54) is 0 Å². The van der Waals surface area contributed by atoms with E-state index in [1.807, 2.05) is 19.9 Å². The lowest BCUT2D eigenvalue weighted by atomic mass is 10.2. The molecule has 5 heteroatoms. The summed E-state index contributed by atoms with van der Waals surface area (Å²) < 4.78 is 26.5. The summed E-state index contributed by atoms with van der Waals surface area (Å²) >= 11 is 0. The molecule has 0 amide bonds. The number of benzene rings is 1. The zero-order valence-electron chi connectivity index (χ0n) is 10.5. The molecule has 1 aromatic rings. The average Bonchev–Trinajstić information content (AvgIpc) is 2.15. The Morgan fingerprint density at radius 3 is 2.53 bits per heavy atom. The van der Waals surface area contributed by atoms with Gasteiger partial charge in [0.25, 0.3) is 0 Å². The van der Waals surface area contributed by atoms with Gasteiger partial charge in [-0.2, -0.15) is 0 Å². The molecule has 0 bridgehead atoms. The topological polar surface area (TPSA) is 72.2 Å². The molecule has 0 aromatic heterocycles. The number of aryl methyl sites for hydroxylation is 2. The third-order valence-electron chi connectivity index (χ3n) is 2.51. The van der Waals surface area contributed by atoms with Crippen molar-refractivity contribution in [1.29, 1.82) is 0 Å². The van der Waals surface area contributed by atoms with Gasteiger partial charge in [-0.3, -0.25) is 0 Å². The molecule has 0 aliphatic carbocycles. The molecule has 1 unspecified atom stereocenters. The minimum Gasteiger partial charge on any atom is -0.328 e. The second kappa shape index (κ2) is 5.62. The van der Waals surface area contributed by atoms with Gasteiger partial charge in [0, 0.05) is 12.6 Å². The Balaban J connectivity index is 2.83. The summed E-state index contributed by atoms with van der Waals surface area (Å²) in [6.45, 7) is 5.96. The molecular formula is C12H20N2O2S. The summed E-state index contributed by atoms with van der Waals surface area (Å²) in [4.78, 5) is 0.341. The Hall–Kier alpha value is -0.910. The molecule has 0 spiro atoms. The highest BCUT2D eigenvalue weighted by Gasteiger charge is 2.15. The molecule has 96 valence electrons. The lowest BCUT2D eigenvalue weighted by molar-refractivity contribution is 0.571. The van der Waals surface area contributed by atoms with Crippen LogP contribution in [0, 0.1) is 13.8 Å². The third kappa shape index (κ3) is 4.11. The monoisotopic (exact) mass is 256 g/mol. The van der Waals surface area contributed by atoms with Crippen molar-refractivity contribution in [2.45, 2.75) is 38.1 Å². The maximum Gasteiger partial charge on any atom is 0.240 e. The van der Waals surface area contributed by atoms with Gasteiger partial charge in [-0.05, 0) is 38.8 Å². The predicted octanol–water partition coefficient (Wildman–Crippen LogP) is 1.32. The first kappa shape index (κ1) is 14.2. The van der Waals surface area contributed by atoms with Gasteiger partial charge in [0.15, 0.2) is 0 Å². The molecule has 1 atom stereocenters. The van der Waals surface area contributed by atoms with Gasteiger partial charge >= 0.3 is 0 Å². The molecule has 1 aromatic carbocycles. The van der Waals surface area contributed by atoms with Crippen molar-refractivity contribution in [3.63, 3.8) is 0 Å². The van der Waals surface area contributed by atoms with Crippen molar-refractivity contribution in [3.8, 4) is 0 Å². The van der Waals surface area contributed by atoms with E-state index in [1.54, 1.807) is 19.1 Å². The Bertz CT molecular complexity index is 481. The van der Waals surface area contributed by atoms with Gasteiger partial charge in [-0.15, -0.1) is 0 Å². The van der Waals surface area contributed by atoms with Gasteiger partial charge in [0.1, 0.15) is 0 Å². The van der Waals surface area contributed by atoms with Crippen LogP contribution in [0.25, 0.3) is 0 Å². The summed E-state index contributed by atoms with van der Waals surface area (Å²) in [6, 6.07) is 5.29. The smallest absolute Gasteiger partial charge is 0.240 e. The van der Waals surface area contributed by atoms with Gasteiger partial charge in [0.2, 0.25) is 10.0 Å². The van der Waals surface area contributed by atoms with Crippen LogP contribution in [0.5, 0.6) is 0 Å². The maximum absolute atomic E-state index is 12.0. The van der Waals surface area contributed by atoms with E-state index in [2.05, 4.69) is 4.72 Å². The van der Waals surface area contributed by atoms with Gasteiger partial charge in [-0.25, -0.2) is 13.1 Å². The number of rotatable bonds is 5. The number of sulfonamides is 1. The normalized spacial score (nSPS) is 13.6. The molecule has 3 N–H and O–H groups in total. The quantitative estimate of drug-likeness (QED) is 0.834. The minimum atomic E-state index is -3.41. The number of nitrogens with one attached hydrogen (secondary N) is 1. The number of nitrogens with two attached hydrogens (primary N) is 1. The first-order chi connectivity index (χ1) is 7.83. The second-order valence-electron chi connectivity index (χ2n) is 4.43. The first-order valence-corrected chi connectivity index (χ1v) is 7.14. The van der Waals surface area contributed by atoms with E-state index in [9.17, 15) is 8.42 Å². The molecule has 0 fully saturated rings. The first-order valence-electron chi connectivity index (χ1n) is 5.65. The predicted molar refractivity (Wildman–Crippen MR) is 69.4 cm³/mol. The molecule has 0 saturated heterocycles. The van der Waals surface area contributed by atoms with Gasteiger partial charge in [-0.1, -0.05) is 17.7 Å². The van der Waals surface area contributed by atoms with Crippen LogP contribution in [0.2, 0.25) is 0 Å². The number of hydrogen-bond donors (Lipinski definition) is 2. The highest BCUT2D eigenvalue weighted by molar-refractivity contribution is 7.89. The molecule has 4 nitrogen and oxygen atoms in total. The molecular weight excluding hydrogens is 236 g/mol. The van der Waals surface area contributed by atoms with E-state index in [-0.39, 0.29) is 6.04 Å². The molecule has 1 rings (SSSR count). The SMILES string of the molecule is Cc1ccc(S(=O)(=O)NCCC(C)N)c(C)c1. The fourth-order valence-corrected chi connectivity index (χ4v) is 2.87. The maximum atomic E-state index is 12.0. The molecule has 17 heavy (non-hydrogen) atoms. The Morgan fingerprint density at radius 1 is 1.35 bits per heavy atom. The van der Waals surface area contributed by atoms with Crippen LogP contribution in [-0.2, 0) is 10.0 Å². The van der Waals surface area contributed by atoms with Crippen LogP contribution >= 0.6 is 0 Å². The Kier molecular flexibility index (Phi) is 4.68. The average molecular weight is 256 g/mol. The van der Waals surface area contributed by atoms with E-state index in [0.717, 1.165) is 11.1 Å². The fourth-order valence-electron chi connectivity index (χ4n) is 1.60. The van der Waals surface area contributed by atoms with Crippen LogP contribution in [0.1, 0.15) is 24.5 Å². The third-order valence-corrected chi connectivity index (χ3v) is 4.13. The second-order valence-corrected chi connectivity index (χ2v) is 6.17. The lowest BCUT2D eigenvalue weighted by Crippen LogP contribution is -2.29. The van der Waals surface area contributed by atoms with Crippen LogP contribution in [0.15, 0.2) is 23.1 Å². The van der Waals surface area contributed by atoms with E-state index < -0.39 is 10.0 Å². The highest BCUT2D eigenvalue weighted by atomic mass is 32.2. The van der Waals surface area contributed by atoms with Crippen molar-refractivity contribution >= 4 is 10.0 Å². The Morgan fingerprint density at radius 2 is 2.00 bits per heavy atom. The van der Waals surface area contributed by atoms with Crippen LogP contribution in [0.3, 0.4) is 0 Å². The summed E-state index contributed by atoms with van der Waals surface area (Å²) in [5.41, 5.74) is 7.39. The van der Waals surface area contributed by atoms with E-state index >= 15 is 0 Å². The van der Waals surface area contributed by atoms with E-state index in [4.69, 9.17) is 5.73 Å². The summed E-state index contributed by atoms with van der Waals surface area (Å²) in [5.74, 6) is 0. The summed E-state index contributed by atoms with van der Waals surface area (Å²) in [6.07, 6.45) is 0.629. The van der Waals surface area contributed by atoms with Crippen LogP contribution in [-0.4, -0.2) is 21.0 Å². The molecule has 0 aliphatic rings. The van der Waals surface area contributed by atoms with Crippen molar-refractivity contribution in [1.82, 2.24) is 4.72 Å².